The Kier molecular flexibility index (Phi) is 3.05. The predicted molar refractivity (Wildman–Crippen MR) is 56.2 cm³/mol. The molecule has 0 N–H and O–H groups in total. The molecule has 7 heteroatoms. The highest BCUT2D eigenvalue weighted by Gasteiger charge is 2.03. The molecule has 5 nitrogen and oxygen atoms in total. The standard InChI is InChI=1S/C10H7F2N5/c11-9(12)6-14-4-7-1-2-10-15-5-8(3-13)17(10)16-7/h1-2,4-5,9H,6H2. The first kappa shape index (κ1) is 11.1. The van der Waals surface area contributed by atoms with Gasteiger partial charge in [-0.05, 0) is 12.1 Å². The van der Waals surface area contributed by atoms with Crippen molar-refractivity contribution in [1.29, 1.82) is 5.26 Å². The minimum Gasteiger partial charge on any atom is -0.285 e. The molecule has 0 amide bonds. The first-order chi connectivity index (χ1) is 8.20. The average molecular weight is 235 g/mol. The second-order valence-electron chi connectivity index (χ2n) is 3.17. The number of nitrogens with zero attached hydrogens (tertiary/aromatic N) is 5. The van der Waals surface area contributed by atoms with E-state index in [0.717, 1.165) is 0 Å². The SMILES string of the molecule is N#Cc1cnc2ccc(C=NCC(F)F)nn12. The molecule has 0 saturated heterocycles. The van der Waals surface area contributed by atoms with Crippen molar-refractivity contribution < 1.29 is 8.78 Å². The summed E-state index contributed by atoms with van der Waals surface area (Å²) in [6.45, 7) is -0.561. The van der Waals surface area contributed by atoms with Gasteiger partial charge in [-0.2, -0.15) is 10.4 Å². The van der Waals surface area contributed by atoms with Gasteiger partial charge in [-0.3, -0.25) is 4.99 Å². The molecule has 0 aliphatic carbocycles. The molecule has 0 aromatic carbocycles. The summed E-state index contributed by atoms with van der Waals surface area (Å²) in [5.74, 6) is 0. The van der Waals surface area contributed by atoms with Crippen molar-refractivity contribution in [2.75, 3.05) is 6.54 Å². The number of halogens is 2. The number of hydrogen-bond donors (Lipinski definition) is 0. The largest absolute Gasteiger partial charge is 0.285 e. The molecule has 86 valence electrons. The quantitative estimate of drug-likeness (QED) is 0.753. The van der Waals surface area contributed by atoms with Gasteiger partial charge >= 0.3 is 0 Å². The molecule has 2 aromatic rings. The van der Waals surface area contributed by atoms with Crippen molar-refractivity contribution in [2.45, 2.75) is 6.43 Å². The van der Waals surface area contributed by atoms with E-state index in [2.05, 4.69) is 15.1 Å². The highest BCUT2D eigenvalue weighted by Crippen LogP contribution is 2.04. The predicted octanol–water partition coefficient (Wildman–Crippen LogP) is 1.28. The summed E-state index contributed by atoms with van der Waals surface area (Å²) in [6, 6.07) is 5.16. The Hall–Kier alpha value is -2.36. The van der Waals surface area contributed by atoms with Crippen LogP contribution < -0.4 is 0 Å². The fourth-order valence-corrected chi connectivity index (χ4v) is 1.26. The number of alkyl halides is 2. The number of aliphatic imine (C=N–C) groups is 1. The number of nitriles is 1. The lowest BCUT2D eigenvalue weighted by Crippen LogP contribution is -2.01. The Morgan fingerprint density at radius 1 is 1.53 bits per heavy atom. The Morgan fingerprint density at radius 3 is 3.06 bits per heavy atom. The van der Waals surface area contributed by atoms with Crippen LogP contribution in [0.4, 0.5) is 8.78 Å². The molecule has 17 heavy (non-hydrogen) atoms. The van der Waals surface area contributed by atoms with Crippen LogP contribution in [0.3, 0.4) is 0 Å². The molecule has 0 aliphatic rings. The first-order valence-electron chi connectivity index (χ1n) is 4.73. The van der Waals surface area contributed by atoms with Gasteiger partial charge in [0.2, 0.25) is 0 Å². The van der Waals surface area contributed by atoms with Gasteiger partial charge in [0.25, 0.3) is 6.43 Å². The van der Waals surface area contributed by atoms with Crippen molar-refractivity contribution in [3.63, 3.8) is 0 Å². The minimum atomic E-state index is -2.47. The Bertz CT molecular complexity index is 596. The zero-order chi connectivity index (χ0) is 12.3. The van der Waals surface area contributed by atoms with E-state index < -0.39 is 13.0 Å². The summed E-state index contributed by atoms with van der Waals surface area (Å²) in [6.07, 6.45) is 0.160. The van der Waals surface area contributed by atoms with E-state index in [1.54, 1.807) is 12.1 Å². The zero-order valence-electron chi connectivity index (χ0n) is 8.59. The van der Waals surface area contributed by atoms with Crippen molar-refractivity contribution in [3.8, 4) is 6.07 Å². The van der Waals surface area contributed by atoms with Crippen LogP contribution >= 0.6 is 0 Å². The molecule has 0 aliphatic heterocycles. The molecule has 0 radical (unpaired) electrons. The fourth-order valence-electron chi connectivity index (χ4n) is 1.26. The van der Waals surface area contributed by atoms with Crippen molar-refractivity contribution in [3.05, 3.63) is 29.7 Å². The topological polar surface area (TPSA) is 66.3 Å². The van der Waals surface area contributed by atoms with E-state index in [1.807, 2.05) is 6.07 Å². The lowest BCUT2D eigenvalue weighted by atomic mass is 10.4. The van der Waals surface area contributed by atoms with E-state index in [9.17, 15) is 8.78 Å². The van der Waals surface area contributed by atoms with Gasteiger partial charge in [0, 0.05) is 6.21 Å². The Labute approximate surface area is 95.0 Å². The molecular formula is C10H7F2N5. The molecule has 2 aromatic heterocycles. The maximum atomic E-state index is 11.9. The highest BCUT2D eigenvalue weighted by atomic mass is 19.3. The third kappa shape index (κ3) is 2.42. The van der Waals surface area contributed by atoms with Gasteiger partial charge in [0.05, 0.1) is 12.7 Å². The maximum absolute atomic E-state index is 11.9. The normalized spacial score (nSPS) is 11.4. The monoisotopic (exact) mass is 235 g/mol. The zero-order valence-corrected chi connectivity index (χ0v) is 8.59. The lowest BCUT2D eigenvalue weighted by Gasteiger charge is -1.96. The Balaban J connectivity index is 2.31. The molecule has 0 bridgehead atoms. The van der Waals surface area contributed by atoms with Crippen molar-refractivity contribution in [1.82, 2.24) is 14.6 Å². The average Bonchev–Trinajstić information content (AvgIpc) is 2.70. The van der Waals surface area contributed by atoms with E-state index >= 15 is 0 Å². The number of fused-ring (bicyclic) bond motifs is 1. The second-order valence-corrected chi connectivity index (χ2v) is 3.17. The van der Waals surface area contributed by atoms with Gasteiger partial charge in [-0.15, -0.1) is 0 Å². The van der Waals surface area contributed by atoms with E-state index in [0.29, 0.717) is 11.3 Å². The van der Waals surface area contributed by atoms with Crippen LogP contribution in [0, 0.1) is 11.3 Å². The summed E-state index contributed by atoms with van der Waals surface area (Å²) < 4.78 is 25.1. The van der Waals surface area contributed by atoms with Crippen LogP contribution in [0.2, 0.25) is 0 Å². The molecule has 2 rings (SSSR count). The van der Waals surface area contributed by atoms with Gasteiger partial charge < -0.3 is 0 Å². The fraction of sp³-hybridized carbons (Fsp3) is 0.200. The van der Waals surface area contributed by atoms with Crippen LogP contribution in [0.1, 0.15) is 11.4 Å². The summed E-state index contributed by atoms with van der Waals surface area (Å²) in [5, 5.41) is 12.8. The summed E-state index contributed by atoms with van der Waals surface area (Å²) >= 11 is 0. The third-order valence-corrected chi connectivity index (χ3v) is 1.96. The summed E-state index contributed by atoms with van der Waals surface area (Å²) in [7, 11) is 0. The van der Waals surface area contributed by atoms with Crippen LogP contribution in [-0.4, -0.2) is 33.8 Å². The van der Waals surface area contributed by atoms with Gasteiger partial charge in [0.15, 0.2) is 11.3 Å². The molecule has 0 spiro atoms. The number of aromatic nitrogens is 3. The van der Waals surface area contributed by atoms with Crippen LogP contribution in [0.15, 0.2) is 23.3 Å². The molecule has 0 unspecified atom stereocenters. The van der Waals surface area contributed by atoms with E-state index in [-0.39, 0.29) is 5.69 Å². The third-order valence-electron chi connectivity index (χ3n) is 1.96. The number of hydrogen-bond acceptors (Lipinski definition) is 4. The van der Waals surface area contributed by atoms with Crippen LogP contribution in [0.25, 0.3) is 5.65 Å². The molecule has 0 atom stereocenters. The smallest absolute Gasteiger partial charge is 0.257 e. The number of rotatable bonds is 3. The summed E-state index contributed by atoms with van der Waals surface area (Å²) in [4.78, 5) is 7.49. The lowest BCUT2D eigenvalue weighted by molar-refractivity contribution is 0.159. The highest BCUT2D eigenvalue weighted by molar-refractivity contribution is 5.77. The molecule has 0 saturated carbocycles. The van der Waals surface area contributed by atoms with Gasteiger partial charge in [0.1, 0.15) is 11.8 Å². The van der Waals surface area contributed by atoms with Crippen molar-refractivity contribution >= 4 is 11.9 Å². The second kappa shape index (κ2) is 4.65. The molecular weight excluding hydrogens is 228 g/mol. The molecule has 0 fully saturated rings. The molecule has 2 heterocycles. The first-order valence-corrected chi connectivity index (χ1v) is 4.73. The number of imidazole rings is 1. The van der Waals surface area contributed by atoms with E-state index in [1.165, 1.54) is 16.9 Å². The summed E-state index contributed by atoms with van der Waals surface area (Å²) in [5.41, 5.74) is 1.20. The van der Waals surface area contributed by atoms with E-state index in [4.69, 9.17) is 5.26 Å². The maximum Gasteiger partial charge on any atom is 0.257 e. The van der Waals surface area contributed by atoms with Gasteiger partial charge in [-0.1, -0.05) is 0 Å². The van der Waals surface area contributed by atoms with Crippen LogP contribution in [0.5, 0.6) is 0 Å². The minimum absolute atomic E-state index is 0.282. The van der Waals surface area contributed by atoms with Crippen LogP contribution in [-0.2, 0) is 0 Å². The van der Waals surface area contributed by atoms with Gasteiger partial charge in [-0.25, -0.2) is 18.3 Å². The van der Waals surface area contributed by atoms with Crippen molar-refractivity contribution in [2.24, 2.45) is 4.99 Å². The Morgan fingerprint density at radius 2 is 2.35 bits per heavy atom.